The summed E-state index contributed by atoms with van der Waals surface area (Å²) in [7, 11) is 0. The molecule has 1 aliphatic heterocycles. The van der Waals surface area contributed by atoms with Crippen molar-refractivity contribution in [3.05, 3.63) is 137 Å². The highest BCUT2D eigenvalue weighted by Gasteiger charge is 2.39. The zero-order chi connectivity index (χ0) is 33.1. The van der Waals surface area contributed by atoms with Gasteiger partial charge < -0.3 is 14.7 Å². The van der Waals surface area contributed by atoms with Crippen LogP contribution in [0.15, 0.2) is 103 Å². The van der Waals surface area contributed by atoms with E-state index in [1.807, 2.05) is 71.6 Å². The topological polar surface area (TPSA) is 73.6 Å². The van der Waals surface area contributed by atoms with E-state index in [1.54, 1.807) is 0 Å². The molecule has 4 aromatic rings. The number of hydrogen-bond acceptors (Lipinski definition) is 4. The van der Waals surface area contributed by atoms with Crippen LogP contribution in [-0.4, -0.2) is 40.8 Å². The first-order chi connectivity index (χ1) is 21.8. The number of hydrogen-bond donors (Lipinski definition) is 2. The largest absolute Gasteiger partial charge is 0.507 e. The maximum absolute atomic E-state index is 14.1. The third-order valence-electron chi connectivity index (χ3n) is 9.04. The van der Waals surface area contributed by atoms with Crippen LogP contribution in [-0.2, 0) is 22.0 Å². The summed E-state index contributed by atoms with van der Waals surface area (Å²) >= 11 is 0. The molecule has 240 valence electrons. The molecule has 2 atom stereocenters. The first-order valence-electron chi connectivity index (χ1n) is 16.3. The van der Waals surface area contributed by atoms with Crippen molar-refractivity contribution in [3.63, 3.8) is 0 Å². The summed E-state index contributed by atoms with van der Waals surface area (Å²) < 4.78 is 6.72. The average Bonchev–Trinajstić information content (AvgIpc) is 3.30. The molecule has 0 spiro atoms. The number of carbonyl (C=O) groups is 1. The maximum atomic E-state index is 14.1. The fourth-order valence-electron chi connectivity index (χ4n) is 6.48. The number of aromatic hydroxyl groups is 1. The second-order valence-corrected chi connectivity index (χ2v) is 14.7. The number of benzene rings is 4. The van der Waals surface area contributed by atoms with Crippen LogP contribution in [0.1, 0.15) is 92.2 Å². The van der Waals surface area contributed by atoms with Crippen LogP contribution in [0.2, 0.25) is 0 Å². The van der Waals surface area contributed by atoms with Crippen molar-refractivity contribution in [3.8, 4) is 5.75 Å². The Hall–Kier alpha value is -4.22. The van der Waals surface area contributed by atoms with Gasteiger partial charge in [-0.25, -0.2) is 0 Å². The average molecular weight is 617 g/mol. The van der Waals surface area contributed by atoms with Gasteiger partial charge in [0.1, 0.15) is 17.7 Å². The van der Waals surface area contributed by atoms with Gasteiger partial charge in [0.15, 0.2) is 5.78 Å². The van der Waals surface area contributed by atoms with Crippen molar-refractivity contribution < 1.29 is 14.6 Å². The first-order valence-corrected chi connectivity index (χ1v) is 16.3. The smallest absolute Gasteiger partial charge is 0.182 e. The monoisotopic (exact) mass is 616 g/mol. The third-order valence-corrected chi connectivity index (χ3v) is 9.04. The molecule has 5 nitrogen and oxygen atoms in total. The van der Waals surface area contributed by atoms with Gasteiger partial charge in [-0.15, -0.1) is 0 Å². The number of nitrogens with zero attached hydrogens (tertiary/aromatic N) is 1. The van der Waals surface area contributed by atoms with Gasteiger partial charge in [-0.05, 0) is 52.5 Å². The molecule has 0 aromatic heterocycles. The second kappa shape index (κ2) is 13.6. The molecule has 0 radical (unpaired) electrons. The summed E-state index contributed by atoms with van der Waals surface area (Å²) in [5.74, 6) is 0.653. The Kier molecular flexibility index (Phi) is 9.83. The van der Waals surface area contributed by atoms with Gasteiger partial charge in [0.2, 0.25) is 0 Å². The summed E-state index contributed by atoms with van der Waals surface area (Å²) in [6.45, 7) is 12.8. The molecule has 1 fully saturated rings. The van der Waals surface area contributed by atoms with Crippen molar-refractivity contribution in [2.24, 2.45) is 5.92 Å². The molecular formula is C41H48N2O3. The van der Waals surface area contributed by atoms with Crippen LogP contribution in [0.5, 0.6) is 5.75 Å². The van der Waals surface area contributed by atoms with E-state index >= 15 is 0 Å². The van der Waals surface area contributed by atoms with E-state index in [4.69, 9.17) is 4.74 Å². The fraction of sp³-hybridized carbons (Fsp3) is 0.366. The number of rotatable bonds is 10. The van der Waals surface area contributed by atoms with E-state index in [0.29, 0.717) is 18.0 Å². The van der Waals surface area contributed by atoms with Crippen LogP contribution in [0, 0.1) is 11.3 Å². The van der Waals surface area contributed by atoms with E-state index in [2.05, 4.69) is 77.9 Å². The standard InChI is InChI=1S/C41H48N2O3/c1-40(2,3)34-24-31(25-35(37(34)45)41(4,5)6)36(44)26-43-33(23-32(39(43)42)22-28-16-10-7-11-17-28)27-46-38(29-18-12-8-13-19-29)30-20-14-9-15-21-30/h7-21,24-25,32-33,38,42,45H,22-23,26-27H2,1-6H3/t32-,33+/m1/s1. The van der Waals surface area contributed by atoms with Crippen molar-refractivity contribution in [2.75, 3.05) is 13.2 Å². The Morgan fingerprint density at radius 3 is 1.78 bits per heavy atom. The molecule has 0 aliphatic carbocycles. The molecule has 46 heavy (non-hydrogen) atoms. The summed E-state index contributed by atoms with van der Waals surface area (Å²) in [6.07, 6.45) is 1.21. The van der Waals surface area contributed by atoms with Crippen molar-refractivity contribution in [1.29, 1.82) is 5.41 Å². The fourth-order valence-corrected chi connectivity index (χ4v) is 6.48. The van der Waals surface area contributed by atoms with Gasteiger partial charge in [0, 0.05) is 22.6 Å². The molecule has 5 heteroatoms. The molecule has 4 aromatic carbocycles. The minimum absolute atomic E-state index is 0.0224. The number of likely N-dealkylation sites (tertiary alicyclic amines) is 1. The second-order valence-electron chi connectivity index (χ2n) is 14.7. The summed E-state index contributed by atoms with van der Waals surface area (Å²) in [4.78, 5) is 16.1. The lowest BCUT2D eigenvalue weighted by Crippen LogP contribution is -2.40. The van der Waals surface area contributed by atoms with Gasteiger partial charge >= 0.3 is 0 Å². The van der Waals surface area contributed by atoms with Crippen LogP contribution < -0.4 is 0 Å². The van der Waals surface area contributed by atoms with E-state index in [-0.39, 0.29) is 47.0 Å². The van der Waals surface area contributed by atoms with Gasteiger partial charge in [-0.2, -0.15) is 0 Å². The summed E-state index contributed by atoms with van der Waals surface area (Å²) in [5, 5.41) is 20.6. The van der Waals surface area contributed by atoms with E-state index in [9.17, 15) is 15.3 Å². The van der Waals surface area contributed by atoms with E-state index in [0.717, 1.165) is 35.1 Å². The van der Waals surface area contributed by atoms with Crippen molar-refractivity contribution in [2.45, 2.75) is 77.4 Å². The Balaban J connectivity index is 1.45. The van der Waals surface area contributed by atoms with Crippen LogP contribution in [0.3, 0.4) is 0 Å². The van der Waals surface area contributed by atoms with Gasteiger partial charge in [0.05, 0.1) is 19.2 Å². The number of carbonyl (C=O) groups excluding carboxylic acids is 1. The number of amidine groups is 1. The number of phenols is 1. The Morgan fingerprint density at radius 1 is 0.826 bits per heavy atom. The van der Waals surface area contributed by atoms with E-state index < -0.39 is 0 Å². The molecule has 1 heterocycles. The van der Waals surface area contributed by atoms with Gasteiger partial charge in [-0.1, -0.05) is 133 Å². The first kappa shape index (κ1) is 33.2. The highest BCUT2D eigenvalue weighted by Crippen LogP contribution is 2.40. The third kappa shape index (κ3) is 7.59. The number of ketones is 1. The Morgan fingerprint density at radius 2 is 1.30 bits per heavy atom. The van der Waals surface area contributed by atoms with Gasteiger partial charge in [-0.3, -0.25) is 10.2 Å². The molecule has 1 aliphatic rings. The molecule has 0 bridgehead atoms. The number of Topliss-reactive ketones (excluding diaryl/α,β-unsaturated/α-hetero) is 1. The van der Waals surface area contributed by atoms with Crippen LogP contribution in [0.25, 0.3) is 0 Å². The molecule has 2 N–H and O–H groups in total. The van der Waals surface area contributed by atoms with Crippen LogP contribution >= 0.6 is 0 Å². The highest BCUT2D eigenvalue weighted by atomic mass is 16.5. The summed E-state index contributed by atoms with van der Waals surface area (Å²) in [6, 6.07) is 34.3. The van der Waals surface area contributed by atoms with E-state index in [1.165, 1.54) is 5.56 Å². The van der Waals surface area contributed by atoms with Gasteiger partial charge in [0.25, 0.3) is 0 Å². The molecule has 1 saturated heterocycles. The number of phenolic OH excluding ortho intramolecular Hbond substituents is 1. The maximum Gasteiger partial charge on any atom is 0.182 e. The zero-order valence-corrected chi connectivity index (χ0v) is 28.1. The van der Waals surface area contributed by atoms with Crippen molar-refractivity contribution >= 4 is 11.6 Å². The van der Waals surface area contributed by atoms with Crippen LogP contribution in [0.4, 0.5) is 0 Å². The SMILES string of the molecule is CC(C)(C)c1cc(C(=O)CN2C(=N)[C@H](Cc3ccccc3)C[C@H]2COC(c2ccccc2)c2ccccc2)cc(C(C)(C)C)c1O. The number of ether oxygens (including phenoxy) is 1. The lowest BCUT2D eigenvalue weighted by atomic mass is 9.78. The predicted molar refractivity (Wildman–Crippen MR) is 187 cm³/mol. The quantitative estimate of drug-likeness (QED) is 0.175. The molecule has 5 rings (SSSR count). The molecular weight excluding hydrogens is 568 g/mol. The minimum atomic E-state index is -0.345. The van der Waals surface area contributed by atoms with Crippen molar-refractivity contribution in [1.82, 2.24) is 4.90 Å². The lowest BCUT2D eigenvalue weighted by molar-refractivity contribution is 0.0450. The predicted octanol–water partition coefficient (Wildman–Crippen LogP) is 8.89. The Labute approximate surface area is 274 Å². The molecule has 0 amide bonds. The number of nitrogens with one attached hydrogen (secondary N) is 1. The zero-order valence-electron chi connectivity index (χ0n) is 28.1. The highest BCUT2D eigenvalue weighted by molar-refractivity contribution is 6.01. The lowest BCUT2D eigenvalue weighted by Gasteiger charge is -2.30. The normalized spacial score (nSPS) is 17.1. The molecule has 0 unspecified atom stereocenters. The minimum Gasteiger partial charge on any atom is -0.507 e. The molecule has 0 saturated carbocycles. The Bertz CT molecular complexity index is 1560. The summed E-state index contributed by atoms with van der Waals surface area (Å²) in [5.41, 5.74) is 4.71.